The third-order valence-electron chi connectivity index (χ3n) is 4.56. The predicted molar refractivity (Wildman–Crippen MR) is 114 cm³/mol. The number of halogens is 1. The van der Waals surface area contributed by atoms with Crippen LogP contribution in [0.1, 0.15) is 5.56 Å². The number of para-hydroxylation sites is 2. The second-order valence-electron chi connectivity index (χ2n) is 6.93. The van der Waals surface area contributed by atoms with Crippen LogP contribution in [0, 0.1) is 6.92 Å². The van der Waals surface area contributed by atoms with Crippen LogP contribution in [0.25, 0.3) is 16.7 Å². The molecule has 1 N–H and O–H groups in total. The molecule has 0 aliphatic rings. The molecule has 4 aromatic rings. The molecule has 0 spiro atoms. The van der Waals surface area contributed by atoms with E-state index in [0.29, 0.717) is 33.2 Å². The molecule has 8 nitrogen and oxygen atoms in total. The Labute approximate surface area is 171 Å². The number of hydrogen-bond acceptors (Lipinski definition) is 5. The van der Waals surface area contributed by atoms with E-state index in [0.717, 1.165) is 10.2 Å². The van der Waals surface area contributed by atoms with E-state index in [-0.39, 0.29) is 12.5 Å². The van der Waals surface area contributed by atoms with Crippen molar-refractivity contribution in [3.05, 3.63) is 63.5 Å². The minimum absolute atomic E-state index is 0.229. The number of benzene rings is 2. The van der Waals surface area contributed by atoms with Crippen LogP contribution in [0.5, 0.6) is 0 Å². The van der Waals surface area contributed by atoms with E-state index in [1.807, 2.05) is 45.3 Å². The molecule has 2 aromatic carbocycles. The Bertz CT molecular complexity index is 1310. The maximum Gasteiger partial charge on any atom is 0.351 e. The normalized spacial score (nSPS) is 11.2. The predicted octanol–water partition coefficient (Wildman–Crippen LogP) is 2.71. The Morgan fingerprint density at radius 2 is 1.97 bits per heavy atom. The van der Waals surface area contributed by atoms with Gasteiger partial charge in [0, 0.05) is 24.8 Å². The summed E-state index contributed by atoms with van der Waals surface area (Å²) in [5.41, 5.74) is 2.77. The molecule has 0 unspecified atom stereocenters. The first-order valence-corrected chi connectivity index (χ1v) is 9.34. The second-order valence-corrected chi connectivity index (χ2v) is 7.34. The van der Waals surface area contributed by atoms with E-state index in [2.05, 4.69) is 15.4 Å². The molecule has 2 heterocycles. The highest BCUT2D eigenvalue weighted by molar-refractivity contribution is 6.31. The summed E-state index contributed by atoms with van der Waals surface area (Å²) in [5, 5.41) is 7.68. The summed E-state index contributed by atoms with van der Waals surface area (Å²) in [7, 11) is 3.66. The highest BCUT2D eigenvalue weighted by Crippen LogP contribution is 2.21. The molecule has 29 heavy (non-hydrogen) atoms. The van der Waals surface area contributed by atoms with Crippen LogP contribution in [-0.2, 0) is 11.3 Å². The maximum atomic E-state index is 13.0. The van der Waals surface area contributed by atoms with Gasteiger partial charge < -0.3 is 10.2 Å². The van der Waals surface area contributed by atoms with E-state index >= 15 is 0 Å². The molecule has 0 saturated carbocycles. The van der Waals surface area contributed by atoms with E-state index in [9.17, 15) is 9.59 Å². The lowest BCUT2D eigenvalue weighted by Crippen LogP contribution is -2.28. The number of amides is 1. The largest absolute Gasteiger partial charge is 0.360 e. The molecular weight excluding hydrogens is 392 g/mol. The number of aryl methyl sites for hydroxylation is 1. The summed E-state index contributed by atoms with van der Waals surface area (Å²) in [5.74, 6) is 0.171. The van der Waals surface area contributed by atoms with Crippen molar-refractivity contribution in [1.82, 2.24) is 19.2 Å². The van der Waals surface area contributed by atoms with Gasteiger partial charge in [-0.3, -0.25) is 4.79 Å². The van der Waals surface area contributed by atoms with Gasteiger partial charge in [0.15, 0.2) is 5.82 Å². The van der Waals surface area contributed by atoms with Crippen molar-refractivity contribution in [2.75, 3.05) is 24.3 Å². The number of carbonyl (C=O) groups excluding carboxylic acids is 1. The van der Waals surface area contributed by atoms with E-state index in [4.69, 9.17) is 11.6 Å². The fourth-order valence-corrected chi connectivity index (χ4v) is 3.27. The zero-order valence-corrected chi connectivity index (χ0v) is 16.9. The average molecular weight is 411 g/mol. The number of nitrogens with zero attached hydrogens (tertiary/aromatic N) is 5. The van der Waals surface area contributed by atoms with Gasteiger partial charge in [-0.15, -0.1) is 5.10 Å². The third-order valence-corrected chi connectivity index (χ3v) is 4.97. The number of anilines is 2. The van der Waals surface area contributed by atoms with Crippen molar-refractivity contribution in [1.29, 1.82) is 0 Å². The van der Waals surface area contributed by atoms with Crippen molar-refractivity contribution in [2.24, 2.45) is 0 Å². The van der Waals surface area contributed by atoms with Crippen molar-refractivity contribution in [3.8, 4) is 0 Å². The first-order chi connectivity index (χ1) is 13.8. The van der Waals surface area contributed by atoms with E-state index in [1.54, 1.807) is 23.1 Å². The maximum absolute atomic E-state index is 13.0. The summed E-state index contributed by atoms with van der Waals surface area (Å²) in [6.07, 6.45) is 0. The summed E-state index contributed by atoms with van der Waals surface area (Å²) in [6, 6.07) is 12.6. The minimum atomic E-state index is -0.404. The summed E-state index contributed by atoms with van der Waals surface area (Å²) in [6.45, 7) is 1.65. The smallest absolute Gasteiger partial charge is 0.351 e. The average Bonchev–Trinajstić information content (AvgIpc) is 3.00. The number of aromatic nitrogens is 4. The topological polar surface area (TPSA) is 84.5 Å². The van der Waals surface area contributed by atoms with Crippen molar-refractivity contribution in [2.45, 2.75) is 13.5 Å². The fourth-order valence-electron chi connectivity index (χ4n) is 3.09. The second kappa shape index (κ2) is 7.21. The summed E-state index contributed by atoms with van der Waals surface area (Å²) < 4.78 is 2.62. The Balaban J connectivity index is 1.74. The van der Waals surface area contributed by atoms with Crippen LogP contribution < -0.4 is 15.9 Å². The van der Waals surface area contributed by atoms with Crippen LogP contribution in [0.3, 0.4) is 0 Å². The van der Waals surface area contributed by atoms with Crippen molar-refractivity contribution < 1.29 is 4.79 Å². The molecule has 0 fully saturated rings. The summed E-state index contributed by atoms with van der Waals surface area (Å²) in [4.78, 5) is 31.9. The number of fused-ring (bicyclic) bond motifs is 3. The number of rotatable bonds is 4. The molecule has 0 aliphatic heterocycles. The third kappa shape index (κ3) is 3.42. The zero-order valence-electron chi connectivity index (χ0n) is 16.2. The lowest BCUT2D eigenvalue weighted by molar-refractivity contribution is -0.117. The van der Waals surface area contributed by atoms with Gasteiger partial charge in [-0.1, -0.05) is 29.8 Å². The molecule has 1 amide bonds. The molecule has 4 rings (SSSR count). The molecule has 9 heteroatoms. The molecule has 148 valence electrons. The van der Waals surface area contributed by atoms with Gasteiger partial charge in [0.2, 0.25) is 11.6 Å². The highest BCUT2D eigenvalue weighted by atomic mass is 35.5. The van der Waals surface area contributed by atoms with E-state index < -0.39 is 5.69 Å². The first-order valence-electron chi connectivity index (χ1n) is 8.97. The number of nitrogens with one attached hydrogen (secondary N) is 1. The van der Waals surface area contributed by atoms with Gasteiger partial charge in [-0.25, -0.2) is 18.9 Å². The zero-order chi connectivity index (χ0) is 20.7. The van der Waals surface area contributed by atoms with Crippen LogP contribution in [0.15, 0.2) is 47.3 Å². The van der Waals surface area contributed by atoms with Gasteiger partial charge in [-0.2, -0.15) is 0 Å². The quantitative estimate of drug-likeness (QED) is 0.559. The first kappa shape index (κ1) is 18.9. The number of hydrogen-bond donors (Lipinski definition) is 1. The van der Waals surface area contributed by atoms with Gasteiger partial charge in [0.25, 0.3) is 0 Å². The lowest BCUT2D eigenvalue weighted by Gasteiger charge is -2.12. The molecule has 2 aromatic heterocycles. The molecule has 0 bridgehead atoms. The molecule has 0 saturated heterocycles. The molecule has 0 radical (unpaired) electrons. The van der Waals surface area contributed by atoms with E-state index in [1.165, 1.54) is 4.40 Å². The van der Waals surface area contributed by atoms with Crippen LogP contribution in [0.4, 0.5) is 11.5 Å². The molecule has 0 atom stereocenters. The van der Waals surface area contributed by atoms with Crippen LogP contribution in [0.2, 0.25) is 5.02 Å². The highest BCUT2D eigenvalue weighted by Gasteiger charge is 2.18. The molecule has 0 aliphatic carbocycles. The Morgan fingerprint density at radius 1 is 1.21 bits per heavy atom. The van der Waals surface area contributed by atoms with Crippen molar-refractivity contribution in [3.63, 3.8) is 0 Å². The monoisotopic (exact) mass is 410 g/mol. The Morgan fingerprint density at radius 3 is 2.69 bits per heavy atom. The van der Waals surface area contributed by atoms with Gasteiger partial charge in [-0.05, 0) is 36.8 Å². The van der Waals surface area contributed by atoms with Gasteiger partial charge >= 0.3 is 5.69 Å². The number of carbonyl (C=O) groups is 1. The molecular formula is C20H19ClN6O2. The van der Waals surface area contributed by atoms with Gasteiger partial charge in [0.1, 0.15) is 6.54 Å². The Hall–Kier alpha value is -3.39. The Kier molecular flexibility index (Phi) is 4.71. The van der Waals surface area contributed by atoms with Crippen LogP contribution >= 0.6 is 11.6 Å². The lowest BCUT2D eigenvalue weighted by atomic mass is 10.2. The standard InChI is InChI=1S/C20H19ClN6O2/c1-12-8-9-13(10-14(12)21)22-17(28)11-26-20(29)27-16-7-5-4-6-15(16)23-18(25(2)3)19(27)24-26/h4-10H,11H2,1-3H3,(H,22,28). The SMILES string of the molecule is Cc1ccc(NC(=O)Cn2nc3c(N(C)C)nc4ccccc4n3c2=O)cc1Cl. The van der Waals surface area contributed by atoms with Gasteiger partial charge in [0.05, 0.1) is 11.0 Å². The summed E-state index contributed by atoms with van der Waals surface area (Å²) >= 11 is 6.10. The van der Waals surface area contributed by atoms with Crippen molar-refractivity contribution >= 4 is 45.7 Å². The fraction of sp³-hybridized carbons (Fsp3) is 0.200. The minimum Gasteiger partial charge on any atom is -0.360 e. The van der Waals surface area contributed by atoms with Crippen LogP contribution in [-0.4, -0.2) is 39.2 Å².